The lowest BCUT2D eigenvalue weighted by Crippen LogP contribution is -2.44. The van der Waals surface area contributed by atoms with Gasteiger partial charge in [0.15, 0.2) is 0 Å². The molecule has 2 unspecified atom stereocenters. The van der Waals surface area contributed by atoms with Crippen molar-refractivity contribution in [3.63, 3.8) is 0 Å². The number of amides is 2. The van der Waals surface area contributed by atoms with Gasteiger partial charge in [-0.25, -0.2) is 0 Å². The van der Waals surface area contributed by atoms with Crippen molar-refractivity contribution in [2.45, 2.75) is 32.6 Å². The lowest BCUT2D eigenvalue weighted by molar-refractivity contribution is -0.140. The Morgan fingerprint density at radius 3 is 2.67 bits per heavy atom. The Labute approximate surface area is 109 Å². The highest BCUT2D eigenvalue weighted by atomic mass is 16.2. The third-order valence-corrected chi connectivity index (χ3v) is 3.70. The molecule has 1 saturated carbocycles. The molecule has 0 aromatic carbocycles. The zero-order chi connectivity index (χ0) is 13.5. The van der Waals surface area contributed by atoms with Gasteiger partial charge in [-0.15, -0.1) is 0 Å². The molecule has 0 aromatic heterocycles. The zero-order valence-electron chi connectivity index (χ0n) is 11.4. The summed E-state index contributed by atoms with van der Waals surface area (Å²) in [6.07, 6.45) is 3.88. The lowest BCUT2D eigenvalue weighted by atomic mass is 9.94. The van der Waals surface area contributed by atoms with Crippen LogP contribution in [0.4, 0.5) is 0 Å². The second-order valence-corrected chi connectivity index (χ2v) is 4.97. The average Bonchev–Trinajstić information content (AvgIpc) is 2.85. The fourth-order valence-electron chi connectivity index (χ4n) is 2.67. The molecule has 18 heavy (non-hydrogen) atoms. The molecule has 0 saturated heterocycles. The number of carbonyl (C=O) groups excluding carboxylic acids is 2. The highest BCUT2D eigenvalue weighted by Crippen LogP contribution is 2.32. The molecule has 104 valence electrons. The standard InChI is InChI=1S/C13H25N3O2/c1-3-7-16(9-12(17)15-2)13(18)11-6-4-5-10(11)8-14/h10-11H,3-9,14H2,1-2H3,(H,15,17). The first-order valence-corrected chi connectivity index (χ1v) is 6.83. The van der Waals surface area contributed by atoms with E-state index < -0.39 is 0 Å². The fraction of sp³-hybridized carbons (Fsp3) is 0.846. The number of nitrogens with two attached hydrogens (primary N) is 1. The summed E-state index contributed by atoms with van der Waals surface area (Å²) in [4.78, 5) is 25.6. The number of nitrogens with zero attached hydrogens (tertiary/aromatic N) is 1. The topological polar surface area (TPSA) is 75.4 Å². The van der Waals surface area contributed by atoms with Gasteiger partial charge >= 0.3 is 0 Å². The van der Waals surface area contributed by atoms with Crippen molar-refractivity contribution in [3.05, 3.63) is 0 Å². The van der Waals surface area contributed by atoms with Gasteiger partial charge < -0.3 is 16.0 Å². The van der Waals surface area contributed by atoms with Crippen LogP contribution in [0.1, 0.15) is 32.6 Å². The van der Waals surface area contributed by atoms with Gasteiger partial charge in [-0.05, 0) is 31.7 Å². The molecule has 5 nitrogen and oxygen atoms in total. The summed E-state index contributed by atoms with van der Waals surface area (Å²) in [5.41, 5.74) is 5.71. The van der Waals surface area contributed by atoms with E-state index in [-0.39, 0.29) is 24.3 Å². The Balaban J connectivity index is 2.66. The third kappa shape index (κ3) is 3.70. The third-order valence-electron chi connectivity index (χ3n) is 3.70. The number of nitrogens with one attached hydrogen (secondary N) is 1. The Kier molecular flexibility index (Phi) is 6.12. The lowest BCUT2D eigenvalue weighted by Gasteiger charge is -2.27. The van der Waals surface area contributed by atoms with Crippen LogP contribution in [0.5, 0.6) is 0 Å². The van der Waals surface area contributed by atoms with Crippen LogP contribution < -0.4 is 11.1 Å². The minimum absolute atomic E-state index is 0.0196. The van der Waals surface area contributed by atoms with Crippen LogP contribution in [-0.4, -0.2) is 43.4 Å². The molecule has 2 amide bonds. The van der Waals surface area contributed by atoms with Crippen LogP contribution in [0, 0.1) is 11.8 Å². The molecule has 0 bridgehead atoms. The number of carbonyl (C=O) groups is 2. The second kappa shape index (κ2) is 7.36. The molecule has 1 fully saturated rings. The molecule has 0 aliphatic heterocycles. The van der Waals surface area contributed by atoms with E-state index in [4.69, 9.17) is 5.73 Å². The summed E-state index contributed by atoms with van der Waals surface area (Å²) in [6.45, 7) is 3.38. The van der Waals surface area contributed by atoms with Crippen molar-refractivity contribution in [1.29, 1.82) is 0 Å². The van der Waals surface area contributed by atoms with Crippen LogP contribution >= 0.6 is 0 Å². The molecule has 2 atom stereocenters. The van der Waals surface area contributed by atoms with Gasteiger partial charge in [0.1, 0.15) is 0 Å². The van der Waals surface area contributed by atoms with Crippen molar-refractivity contribution < 1.29 is 9.59 Å². The molecule has 0 spiro atoms. The first-order valence-electron chi connectivity index (χ1n) is 6.83. The Morgan fingerprint density at radius 2 is 2.11 bits per heavy atom. The molecule has 3 N–H and O–H groups in total. The maximum Gasteiger partial charge on any atom is 0.239 e. The monoisotopic (exact) mass is 255 g/mol. The van der Waals surface area contributed by atoms with Crippen molar-refractivity contribution in [3.8, 4) is 0 Å². The quantitative estimate of drug-likeness (QED) is 0.719. The van der Waals surface area contributed by atoms with Crippen LogP contribution in [0.2, 0.25) is 0 Å². The normalized spacial score (nSPS) is 22.8. The van der Waals surface area contributed by atoms with Gasteiger partial charge in [0.2, 0.25) is 11.8 Å². The summed E-state index contributed by atoms with van der Waals surface area (Å²) in [7, 11) is 1.59. The Bertz CT molecular complexity index is 294. The molecule has 1 rings (SSSR count). The second-order valence-electron chi connectivity index (χ2n) is 4.97. The van der Waals surface area contributed by atoms with Gasteiger partial charge in [0.05, 0.1) is 6.54 Å². The smallest absolute Gasteiger partial charge is 0.239 e. The molecular formula is C13H25N3O2. The molecule has 1 aliphatic rings. The van der Waals surface area contributed by atoms with E-state index in [9.17, 15) is 9.59 Å². The molecule has 0 radical (unpaired) electrons. The molecule has 0 aromatic rings. The van der Waals surface area contributed by atoms with E-state index in [0.29, 0.717) is 19.0 Å². The van der Waals surface area contributed by atoms with Crippen molar-refractivity contribution in [1.82, 2.24) is 10.2 Å². The first kappa shape index (κ1) is 15.0. The summed E-state index contributed by atoms with van der Waals surface area (Å²) >= 11 is 0. The van der Waals surface area contributed by atoms with Crippen LogP contribution in [-0.2, 0) is 9.59 Å². The minimum atomic E-state index is -0.112. The van der Waals surface area contributed by atoms with E-state index in [2.05, 4.69) is 5.32 Å². The predicted octanol–water partition coefficient (Wildman–Crippen LogP) is 0.346. The average molecular weight is 255 g/mol. The van der Waals surface area contributed by atoms with E-state index in [1.165, 1.54) is 0 Å². The van der Waals surface area contributed by atoms with E-state index in [1.54, 1.807) is 11.9 Å². The van der Waals surface area contributed by atoms with Gasteiger partial charge in [-0.2, -0.15) is 0 Å². The predicted molar refractivity (Wildman–Crippen MR) is 70.8 cm³/mol. The number of likely N-dealkylation sites (N-methyl/N-ethyl adjacent to an activating group) is 1. The zero-order valence-corrected chi connectivity index (χ0v) is 11.4. The Morgan fingerprint density at radius 1 is 1.39 bits per heavy atom. The van der Waals surface area contributed by atoms with Crippen LogP contribution in [0.15, 0.2) is 0 Å². The summed E-state index contributed by atoms with van der Waals surface area (Å²) in [5, 5.41) is 2.57. The highest BCUT2D eigenvalue weighted by molar-refractivity contribution is 5.86. The van der Waals surface area contributed by atoms with Gasteiger partial charge in [0, 0.05) is 19.5 Å². The van der Waals surface area contributed by atoms with Gasteiger partial charge in [-0.1, -0.05) is 13.3 Å². The number of hydrogen-bond acceptors (Lipinski definition) is 3. The summed E-state index contributed by atoms with van der Waals surface area (Å²) < 4.78 is 0. The molecule has 0 heterocycles. The molecule has 5 heteroatoms. The molecule has 1 aliphatic carbocycles. The maximum absolute atomic E-state index is 12.4. The van der Waals surface area contributed by atoms with Crippen molar-refractivity contribution in [2.24, 2.45) is 17.6 Å². The van der Waals surface area contributed by atoms with Gasteiger partial charge in [0.25, 0.3) is 0 Å². The first-order chi connectivity index (χ1) is 8.63. The largest absolute Gasteiger partial charge is 0.358 e. The van der Waals surface area contributed by atoms with E-state index in [0.717, 1.165) is 25.7 Å². The number of rotatable bonds is 6. The summed E-state index contributed by atoms with van der Waals surface area (Å²) in [6, 6.07) is 0. The highest BCUT2D eigenvalue weighted by Gasteiger charge is 2.34. The van der Waals surface area contributed by atoms with E-state index in [1.807, 2.05) is 6.92 Å². The van der Waals surface area contributed by atoms with E-state index >= 15 is 0 Å². The maximum atomic E-state index is 12.4. The fourth-order valence-corrected chi connectivity index (χ4v) is 2.67. The molecular weight excluding hydrogens is 230 g/mol. The SMILES string of the molecule is CCCN(CC(=O)NC)C(=O)C1CCCC1CN. The minimum Gasteiger partial charge on any atom is -0.358 e. The number of hydrogen-bond donors (Lipinski definition) is 2. The van der Waals surface area contributed by atoms with Crippen molar-refractivity contribution >= 4 is 11.8 Å². The summed E-state index contributed by atoms with van der Waals surface area (Å²) in [5.74, 6) is 0.306. The Hall–Kier alpha value is -1.10. The van der Waals surface area contributed by atoms with Crippen LogP contribution in [0.25, 0.3) is 0 Å². The van der Waals surface area contributed by atoms with Crippen LogP contribution in [0.3, 0.4) is 0 Å². The van der Waals surface area contributed by atoms with Gasteiger partial charge in [-0.3, -0.25) is 9.59 Å². The van der Waals surface area contributed by atoms with Crippen molar-refractivity contribution in [2.75, 3.05) is 26.7 Å².